The largest absolute Gasteiger partial charge is 0.379 e. The smallest absolute Gasteiger partial charge is 0.226 e. The maximum atomic E-state index is 12.4. The summed E-state index contributed by atoms with van der Waals surface area (Å²) in [6.07, 6.45) is 6.88. The molecule has 0 bridgehead atoms. The van der Waals surface area contributed by atoms with Crippen LogP contribution in [0.25, 0.3) is 0 Å². The van der Waals surface area contributed by atoms with Crippen molar-refractivity contribution in [2.24, 2.45) is 12.5 Å². The van der Waals surface area contributed by atoms with Crippen molar-refractivity contribution < 1.29 is 9.53 Å². The normalized spacial score (nSPS) is 29.8. The van der Waals surface area contributed by atoms with Crippen molar-refractivity contribution in [3.63, 3.8) is 0 Å². The first-order valence-corrected chi connectivity index (χ1v) is 8.64. The Morgan fingerprint density at radius 2 is 2.22 bits per heavy atom. The number of rotatable bonds is 4. The summed E-state index contributed by atoms with van der Waals surface area (Å²) in [5.74, 6) is 0.0899. The fourth-order valence-electron chi connectivity index (χ4n) is 4.52. The number of hydrogen-bond acceptors (Lipinski definition) is 5. The van der Waals surface area contributed by atoms with Crippen LogP contribution in [0.2, 0.25) is 0 Å². The van der Waals surface area contributed by atoms with Gasteiger partial charge in [0.1, 0.15) is 0 Å². The van der Waals surface area contributed by atoms with Crippen molar-refractivity contribution in [3.8, 4) is 0 Å². The maximum Gasteiger partial charge on any atom is 0.226 e. The lowest BCUT2D eigenvalue weighted by molar-refractivity contribution is -0.146. The van der Waals surface area contributed by atoms with Crippen LogP contribution >= 0.6 is 0 Å². The fraction of sp³-hybridized carbons (Fsp3) is 0.812. The third-order valence-electron chi connectivity index (χ3n) is 6.07. The molecule has 1 aromatic rings. The summed E-state index contributed by atoms with van der Waals surface area (Å²) < 4.78 is 7.14. The van der Waals surface area contributed by atoms with Gasteiger partial charge in [-0.05, 0) is 19.3 Å². The SMILES string of the molecule is Cn1nncc1CC(=O)N[C@@H]1C[C@@H](N2CCOCC2)C12CCC2. The molecular weight excluding hydrogens is 294 g/mol. The van der Waals surface area contributed by atoms with Crippen LogP contribution < -0.4 is 5.32 Å². The van der Waals surface area contributed by atoms with E-state index in [-0.39, 0.29) is 5.91 Å². The second-order valence-corrected chi connectivity index (χ2v) is 7.13. The molecule has 1 aliphatic heterocycles. The van der Waals surface area contributed by atoms with Crippen molar-refractivity contribution in [2.45, 2.75) is 44.2 Å². The van der Waals surface area contributed by atoms with E-state index in [1.54, 1.807) is 10.9 Å². The summed E-state index contributed by atoms with van der Waals surface area (Å²) in [5, 5.41) is 11.0. The molecule has 23 heavy (non-hydrogen) atoms. The van der Waals surface area contributed by atoms with Crippen molar-refractivity contribution >= 4 is 5.91 Å². The van der Waals surface area contributed by atoms with E-state index < -0.39 is 0 Å². The van der Waals surface area contributed by atoms with Gasteiger partial charge >= 0.3 is 0 Å². The van der Waals surface area contributed by atoms with Crippen LogP contribution in [0.5, 0.6) is 0 Å². The Bertz CT molecular complexity index is 577. The highest BCUT2D eigenvalue weighted by Gasteiger charge is 2.60. The number of morpholine rings is 1. The second-order valence-electron chi connectivity index (χ2n) is 7.13. The van der Waals surface area contributed by atoms with E-state index in [1.165, 1.54) is 19.3 Å². The minimum Gasteiger partial charge on any atom is -0.379 e. The molecule has 2 atom stereocenters. The summed E-state index contributed by atoms with van der Waals surface area (Å²) in [5.41, 5.74) is 1.17. The molecule has 4 rings (SSSR count). The molecule has 1 aromatic heterocycles. The van der Waals surface area contributed by atoms with E-state index in [0.29, 0.717) is 23.9 Å². The van der Waals surface area contributed by atoms with E-state index >= 15 is 0 Å². The Morgan fingerprint density at radius 1 is 1.43 bits per heavy atom. The van der Waals surface area contributed by atoms with Crippen LogP contribution in [0, 0.1) is 5.41 Å². The zero-order chi connectivity index (χ0) is 15.9. The minimum atomic E-state index is 0.0899. The fourth-order valence-corrected chi connectivity index (χ4v) is 4.52. The first-order valence-electron chi connectivity index (χ1n) is 8.64. The Kier molecular flexibility index (Phi) is 3.85. The predicted octanol–water partition coefficient (Wildman–Crippen LogP) is 0.117. The molecule has 2 aliphatic carbocycles. The van der Waals surface area contributed by atoms with Crippen molar-refractivity contribution in [3.05, 3.63) is 11.9 Å². The van der Waals surface area contributed by atoms with Crippen LogP contribution in [-0.4, -0.2) is 64.2 Å². The molecule has 7 heteroatoms. The number of nitrogens with zero attached hydrogens (tertiary/aromatic N) is 4. The quantitative estimate of drug-likeness (QED) is 0.853. The standard InChI is InChI=1S/C16H25N5O2/c1-20-12(11-17-19-20)9-15(22)18-13-10-14(16(13)3-2-4-16)21-5-7-23-8-6-21/h11,13-14H,2-10H2,1H3,(H,18,22)/t13-,14-/m1/s1. The van der Waals surface area contributed by atoms with Crippen LogP contribution in [-0.2, 0) is 23.0 Å². The van der Waals surface area contributed by atoms with E-state index in [9.17, 15) is 4.79 Å². The highest BCUT2D eigenvalue weighted by Crippen LogP contribution is 2.57. The van der Waals surface area contributed by atoms with Crippen molar-refractivity contribution in [1.82, 2.24) is 25.2 Å². The Hall–Kier alpha value is -1.47. The van der Waals surface area contributed by atoms with Gasteiger partial charge in [-0.15, -0.1) is 5.10 Å². The number of carbonyl (C=O) groups is 1. The van der Waals surface area contributed by atoms with Gasteiger partial charge in [-0.1, -0.05) is 11.6 Å². The number of aromatic nitrogens is 3. The van der Waals surface area contributed by atoms with Gasteiger partial charge < -0.3 is 10.1 Å². The number of amides is 1. The first kappa shape index (κ1) is 15.1. The van der Waals surface area contributed by atoms with Gasteiger partial charge in [-0.2, -0.15) is 0 Å². The summed E-state index contributed by atoms with van der Waals surface area (Å²) in [6.45, 7) is 3.76. The first-order chi connectivity index (χ1) is 11.2. The van der Waals surface area contributed by atoms with Crippen LogP contribution in [0.4, 0.5) is 0 Å². The van der Waals surface area contributed by atoms with Crippen LogP contribution in [0.1, 0.15) is 31.4 Å². The van der Waals surface area contributed by atoms with E-state index in [1.807, 2.05) is 7.05 Å². The average Bonchev–Trinajstić information content (AvgIpc) is 2.87. The molecular formula is C16H25N5O2. The van der Waals surface area contributed by atoms with E-state index in [2.05, 4.69) is 20.5 Å². The molecule has 3 aliphatic rings. The Labute approximate surface area is 136 Å². The van der Waals surface area contributed by atoms with E-state index in [4.69, 9.17) is 4.74 Å². The molecule has 7 nitrogen and oxygen atoms in total. The predicted molar refractivity (Wildman–Crippen MR) is 83.7 cm³/mol. The highest BCUT2D eigenvalue weighted by atomic mass is 16.5. The van der Waals surface area contributed by atoms with Gasteiger partial charge in [-0.3, -0.25) is 14.4 Å². The lowest BCUT2D eigenvalue weighted by Gasteiger charge is -2.64. The number of hydrogen-bond donors (Lipinski definition) is 1. The molecule has 1 N–H and O–H groups in total. The Morgan fingerprint density at radius 3 is 2.83 bits per heavy atom. The summed E-state index contributed by atoms with van der Waals surface area (Å²) >= 11 is 0. The Balaban J connectivity index is 1.36. The molecule has 126 valence electrons. The van der Waals surface area contributed by atoms with Gasteiger partial charge in [-0.25, -0.2) is 0 Å². The third-order valence-corrected chi connectivity index (χ3v) is 6.07. The molecule has 3 fully saturated rings. The highest BCUT2D eigenvalue weighted by molar-refractivity contribution is 5.78. The molecule has 0 radical (unpaired) electrons. The second kappa shape index (κ2) is 5.87. The maximum absolute atomic E-state index is 12.4. The lowest BCUT2D eigenvalue weighted by atomic mass is 9.49. The molecule has 1 saturated heterocycles. The van der Waals surface area contributed by atoms with Crippen LogP contribution in [0.15, 0.2) is 6.20 Å². The number of carbonyl (C=O) groups excluding carboxylic acids is 1. The summed E-state index contributed by atoms with van der Waals surface area (Å²) in [7, 11) is 1.82. The average molecular weight is 319 g/mol. The molecule has 0 aromatic carbocycles. The zero-order valence-corrected chi connectivity index (χ0v) is 13.7. The monoisotopic (exact) mass is 319 g/mol. The summed E-state index contributed by atoms with van der Waals surface area (Å²) in [6, 6.07) is 0.960. The molecule has 0 unspecified atom stereocenters. The van der Waals surface area contributed by atoms with Gasteiger partial charge in [0, 0.05) is 37.6 Å². The minimum absolute atomic E-state index is 0.0899. The molecule has 1 spiro atoms. The van der Waals surface area contributed by atoms with Gasteiger partial charge in [0.25, 0.3) is 0 Å². The number of ether oxygens (including phenoxy) is 1. The van der Waals surface area contributed by atoms with Gasteiger partial charge in [0.2, 0.25) is 5.91 Å². The van der Waals surface area contributed by atoms with Crippen LogP contribution in [0.3, 0.4) is 0 Å². The number of aryl methyl sites for hydroxylation is 1. The zero-order valence-electron chi connectivity index (χ0n) is 13.7. The third kappa shape index (κ3) is 2.55. The van der Waals surface area contributed by atoms with Gasteiger partial charge in [0.05, 0.1) is 31.5 Å². The summed E-state index contributed by atoms with van der Waals surface area (Å²) in [4.78, 5) is 14.9. The molecule has 2 saturated carbocycles. The lowest BCUT2D eigenvalue weighted by Crippen LogP contribution is -2.72. The van der Waals surface area contributed by atoms with E-state index in [0.717, 1.165) is 38.4 Å². The van der Waals surface area contributed by atoms with Crippen molar-refractivity contribution in [2.75, 3.05) is 26.3 Å². The molecule has 1 amide bonds. The van der Waals surface area contributed by atoms with Gasteiger partial charge in [0.15, 0.2) is 0 Å². The van der Waals surface area contributed by atoms with Crippen molar-refractivity contribution in [1.29, 1.82) is 0 Å². The molecule has 2 heterocycles. The number of nitrogens with one attached hydrogen (secondary N) is 1. The topological polar surface area (TPSA) is 72.3 Å².